The highest BCUT2D eigenvalue weighted by molar-refractivity contribution is 5.98. The van der Waals surface area contributed by atoms with Gasteiger partial charge >= 0.3 is 0 Å². The first kappa shape index (κ1) is 8.98. The molecule has 1 saturated carbocycles. The second kappa shape index (κ2) is 3.28. The van der Waals surface area contributed by atoms with E-state index in [1.807, 2.05) is 0 Å². The number of ketones is 1. The highest BCUT2D eigenvalue weighted by atomic mass is 16.1. The van der Waals surface area contributed by atoms with Crippen molar-refractivity contribution in [1.82, 2.24) is 0 Å². The molecule has 0 amide bonds. The van der Waals surface area contributed by atoms with E-state index in [0.717, 1.165) is 31.1 Å². The molecule has 0 saturated heterocycles. The number of carbonyl (C=O) groups is 1. The summed E-state index contributed by atoms with van der Waals surface area (Å²) < 4.78 is 0. The lowest BCUT2D eigenvalue weighted by Gasteiger charge is -2.01. The van der Waals surface area contributed by atoms with Gasteiger partial charge in [-0.2, -0.15) is 0 Å². The van der Waals surface area contributed by atoms with E-state index in [-0.39, 0.29) is 0 Å². The zero-order valence-electron chi connectivity index (χ0n) is 8.60. The largest absolute Gasteiger partial charge is 0.295 e. The van der Waals surface area contributed by atoms with Crippen molar-refractivity contribution in [3.8, 4) is 0 Å². The van der Waals surface area contributed by atoms with Crippen molar-refractivity contribution in [2.24, 2.45) is 11.8 Å². The highest BCUT2D eigenvalue weighted by Crippen LogP contribution is 2.46. The van der Waals surface area contributed by atoms with Crippen LogP contribution in [-0.4, -0.2) is 5.78 Å². The Kier molecular flexibility index (Phi) is 2.27. The van der Waals surface area contributed by atoms with E-state index < -0.39 is 0 Å². The van der Waals surface area contributed by atoms with Crippen molar-refractivity contribution in [3.63, 3.8) is 0 Å². The molecule has 1 nitrogen and oxygen atoms in total. The molecule has 72 valence electrons. The van der Waals surface area contributed by atoms with Crippen molar-refractivity contribution in [2.75, 3.05) is 0 Å². The van der Waals surface area contributed by atoms with Crippen LogP contribution in [0, 0.1) is 11.8 Å². The minimum absolute atomic E-state index is 0.430. The minimum atomic E-state index is 0.430. The summed E-state index contributed by atoms with van der Waals surface area (Å²) >= 11 is 0. The molecule has 0 spiro atoms. The zero-order valence-corrected chi connectivity index (χ0v) is 8.60. The SMILES string of the molecule is CC[C@H]1C[C@H]1CC1=C(C)CCC1=O. The van der Waals surface area contributed by atoms with Crippen LogP contribution in [0.4, 0.5) is 0 Å². The maximum atomic E-state index is 11.5. The number of Topliss-reactive ketones (excluding diaryl/α,β-unsaturated/α-hetero) is 1. The summed E-state index contributed by atoms with van der Waals surface area (Å²) in [7, 11) is 0. The molecule has 0 aromatic carbocycles. The summed E-state index contributed by atoms with van der Waals surface area (Å²) in [5.41, 5.74) is 2.55. The van der Waals surface area contributed by atoms with Gasteiger partial charge in [-0.05, 0) is 43.6 Å². The molecule has 1 heteroatoms. The molecule has 0 unspecified atom stereocenters. The van der Waals surface area contributed by atoms with Crippen LogP contribution in [0.2, 0.25) is 0 Å². The molecule has 1 fully saturated rings. The van der Waals surface area contributed by atoms with Crippen molar-refractivity contribution in [1.29, 1.82) is 0 Å². The van der Waals surface area contributed by atoms with Gasteiger partial charge in [-0.1, -0.05) is 18.9 Å². The Morgan fingerprint density at radius 1 is 1.31 bits per heavy atom. The number of hydrogen-bond donors (Lipinski definition) is 0. The van der Waals surface area contributed by atoms with Crippen LogP contribution >= 0.6 is 0 Å². The average Bonchev–Trinajstić information content (AvgIpc) is 2.81. The number of rotatable bonds is 3. The Morgan fingerprint density at radius 2 is 2.08 bits per heavy atom. The lowest BCUT2D eigenvalue weighted by atomic mass is 10.0. The molecule has 0 radical (unpaired) electrons. The molecule has 2 atom stereocenters. The fourth-order valence-corrected chi connectivity index (χ4v) is 2.45. The predicted octanol–water partition coefficient (Wildman–Crippen LogP) is 3.10. The molecule has 0 aromatic heterocycles. The van der Waals surface area contributed by atoms with Crippen molar-refractivity contribution in [3.05, 3.63) is 11.1 Å². The Morgan fingerprint density at radius 3 is 2.54 bits per heavy atom. The van der Waals surface area contributed by atoms with E-state index in [1.165, 1.54) is 24.0 Å². The summed E-state index contributed by atoms with van der Waals surface area (Å²) in [4.78, 5) is 11.5. The van der Waals surface area contributed by atoms with E-state index in [0.29, 0.717) is 5.78 Å². The molecule has 2 aliphatic rings. The summed E-state index contributed by atoms with van der Waals surface area (Å²) in [6, 6.07) is 0. The molecule has 2 rings (SSSR count). The van der Waals surface area contributed by atoms with E-state index in [4.69, 9.17) is 0 Å². The standard InChI is InChI=1S/C12H18O/c1-3-9-6-10(9)7-11-8(2)4-5-12(11)13/h9-10H,3-7H2,1-2H3/t9-,10-/m0/s1. The van der Waals surface area contributed by atoms with Crippen molar-refractivity contribution < 1.29 is 4.79 Å². The quantitative estimate of drug-likeness (QED) is 0.649. The van der Waals surface area contributed by atoms with Crippen LogP contribution in [0.25, 0.3) is 0 Å². The highest BCUT2D eigenvalue weighted by Gasteiger charge is 2.37. The van der Waals surface area contributed by atoms with Crippen LogP contribution in [0.3, 0.4) is 0 Å². The number of hydrogen-bond acceptors (Lipinski definition) is 1. The fourth-order valence-electron chi connectivity index (χ4n) is 2.45. The van der Waals surface area contributed by atoms with Crippen LogP contribution in [0.15, 0.2) is 11.1 Å². The van der Waals surface area contributed by atoms with E-state index in [1.54, 1.807) is 0 Å². The van der Waals surface area contributed by atoms with Gasteiger partial charge in [0.2, 0.25) is 0 Å². The molecular formula is C12H18O. The van der Waals surface area contributed by atoms with Gasteiger partial charge in [-0.15, -0.1) is 0 Å². The van der Waals surface area contributed by atoms with Crippen LogP contribution in [-0.2, 0) is 4.79 Å². The van der Waals surface area contributed by atoms with E-state index >= 15 is 0 Å². The summed E-state index contributed by atoms with van der Waals surface area (Å²) in [5.74, 6) is 2.20. The molecular weight excluding hydrogens is 160 g/mol. The first-order valence-corrected chi connectivity index (χ1v) is 5.44. The molecule has 2 aliphatic carbocycles. The van der Waals surface area contributed by atoms with Gasteiger partial charge in [0.1, 0.15) is 0 Å². The second-order valence-corrected chi connectivity index (χ2v) is 4.55. The maximum absolute atomic E-state index is 11.5. The van der Waals surface area contributed by atoms with Gasteiger partial charge in [0.25, 0.3) is 0 Å². The van der Waals surface area contributed by atoms with Crippen molar-refractivity contribution >= 4 is 5.78 Å². The Labute approximate surface area is 80.2 Å². The molecule has 0 heterocycles. The normalized spacial score (nSPS) is 32.9. The van der Waals surface area contributed by atoms with Crippen LogP contribution in [0.1, 0.15) is 46.0 Å². The first-order chi connectivity index (χ1) is 6.22. The summed E-state index contributed by atoms with van der Waals surface area (Å²) in [6.07, 6.45) is 5.55. The van der Waals surface area contributed by atoms with Gasteiger partial charge in [-0.3, -0.25) is 4.79 Å². The third-order valence-corrected chi connectivity index (χ3v) is 3.64. The Hall–Kier alpha value is -0.590. The third-order valence-electron chi connectivity index (χ3n) is 3.64. The van der Waals surface area contributed by atoms with Gasteiger partial charge in [0.15, 0.2) is 5.78 Å². The monoisotopic (exact) mass is 178 g/mol. The average molecular weight is 178 g/mol. The topological polar surface area (TPSA) is 17.1 Å². The Bertz CT molecular complexity index is 262. The molecule has 0 aliphatic heterocycles. The van der Waals surface area contributed by atoms with E-state index in [9.17, 15) is 4.79 Å². The van der Waals surface area contributed by atoms with E-state index in [2.05, 4.69) is 13.8 Å². The number of carbonyl (C=O) groups excluding carboxylic acids is 1. The zero-order chi connectivity index (χ0) is 9.42. The minimum Gasteiger partial charge on any atom is -0.295 e. The molecule has 0 aromatic rings. The fraction of sp³-hybridized carbons (Fsp3) is 0.750. The molecule has 13 heavy (non-hydrogen) atoms. The lowest BCUT2D eigenvalue weighted by Crippen LogP contribution is -1.98. The van der Waals surface area contributed by atoms with Gasteiger partial charge in [0, 0.05) is 6.42 Å². The van der Waals surface area contributed by atoms with Gasteiger partial charge in [0.05, 0.1) is 0 Å². The van der Waals surface area contributed by atoms with Crippen LogP contribution < -0.4 is 0 Å². The number of allylic oxidation sites excluding steroid dienone is 2. The molecule has 0 bridgehead atoms. The maximum Gasteiger partial charge on any atom is 0.159 e. The van der Waals surface area contributed by atoms with Crippen molar-refractivity contribution in [2.45, 2.75) is 46.0 Å². The third kappa shape index (κ3) is 1.70. The Balaban J connectivity index is 1.95. The van der Waals surface area contributed by atoms with Crippen LogP contribution in [0.5, 0.6) is 0 Å². The second-order valence-electron chi connectivity index (χ2n) is 4.55. The van der Waals surface area contributed by atoms with Gasteiger partial charge < -0.3 is 0 Å². The molecule has 0 N–H and O–H groups in total. The van der Waals surface area contributed by atoms with Gasteiger partial charge in [-0.25, -0.2) is 0 Å². The summed E-state index contributed by atoms with van der Waals surface area (Å²) in [5, 5.41) is 0. The first-order valence-electron chi connectivity index (χ1n) is 5.44. The predicted molar refractivity (Wildman–Crippen MR) is 53.4 cm³/mol. The lowest BCUT2D eigenvalue weighted by molar-refractivity contribution is -0.115. The smallest absolute Gasteiger partial charge is 0.159 e. The summed E-state index contributed by atoms with van der Waals surface area (Å²) in [6.45, 7) is 4.38.